The summed E-state index contributed by atoms with van der Waals surface area (Å²) in [5.74, 6) is 0.308. The lowest BCUT2D eigenvalue weighted by atomic mass is 9.95. The lowest BCUT2D eigenvalue weighted by Crippen LogP contribution is -2.15. The quantitative estimate of drug-likeness (QED) is 0.747. The second kappa shape index (κ2) is 5.66. The van der Waals surface area contributed by atoms with E-state index in [0.717, 1.165) is 24.1 Å². The molecule has 0 unspecified atom stereocenters. The lowest BCUT2D eigenvalue weighted by Gasteiger charge is -2.10. The molecule has 0 aromatic heterocycles. The second-order valence-electron chi connectivity index (χ2n) is 4.03. The first-order valence-electron chi connectivity index (χ1n) is 5.43. The molecule has 82 valence electrons. The summed E-state index contributed by atoms with van der Waals surface area (Å²) < 4.78 is 0. The molecule has 0 atom stereocenters. The van der Waals surface area contributed by atoms with E-state index < -0.39 is 0 Å². The number of ketones is 1. The van der Waals surface area contributed by atoms with E-state index in [1.54, 1.807) is 0 Å². The van der Waals surface area contributed by atoms with Crippen LogP contribution in [0.15, 0.2) is 24.3 Å². The maximum atomic E-state index is 11.9. The highest BCUT2D eigenvalue weighted by atomic mass is 16.1. The number of Topliss-reactive ketones (excluding diaryl/α,β-unsaturated/α-hetero) is 1. The Bertz CT molecular complexity index is 331. The van der Waals surface area contributed by atoms with E-state index in [-0.39, 0.29) is 11.7 Å². The summed E-state index contributed by atoms with van der Waals surface area (Å²) >= 11 is 0. The summed E-state index contributed by atoms with van der Waals surface area (Å²) in [6.07, 6.45) is 0.908. The predicted octanol–water partition coefficient (Wildman–Crippen LogP) is 2.29. The maximum Gasteiger partial charge on any atom is 0.165 e. The highest BCUT2D eigenvalue weighted by molar-refractivity contribution is 5.98. The molecule has 0 aliphatic heterocycles. The van der Waals surface area contributed by atoms with Gasteiger partial charge in [0.15, 0.2) is 5.78 Å². The van der Waals surface area contributed by atoms with Crippen LogP contribution in [0.2, 0.25) is 0 Å². The maximum absolute atomic E-state index is 11.9. The van der Waals surface area contributed by atoms with Gasteiger partial charge in [-0.25, -0.2) is 0 Å². The number of hydrogen-bond donors (Lipinski definition) is 1. The van der Waals surface area contributed by atoms with E-state index in [0.29, 0.717) is 0 Å². The topological polar surface area (TPSA) is 29.1 Å². The van der Waals surface area contributed by atoms with Crippen LogP contribution in [0.3, 0.4) is 0 Å². The van der Waals surface area contributed by atoms with Gasteiger partial charge in [0.1, 0.15) is 0 Å². The Kier molecular flexibility index (Phi) is 4.50. The van der Waals surface area contributed by atoms with Crippen LogP contribution in [0.1, 0.15) is 29.8 Å². The van der Waals surface area contributed by atoms with Crippen LogP contribution in [0.4, 0.5) is 0 Å². The van der Waals surface area contributed by atoms with Gasteiger partial charge in [0.05, 0.1) is 0 Å². The van der Waals surface area contributed by atoms with Crippen LogP contribution >= 0.6 is 0 Å². The van der Waals surface area contributed by atoms with Gasteiger partial charge in [0.25, 0.3) is 0 Å². The van der Waals surface area contributed by atoms with Crippen molar-refractivity contribution in [3.63, 3.8) is 0 Å². The Morgan fingerprint density at radius 3 is 2.60 bits per heavy atom. The highest BCUT2D eigenvalue weighted by Crippen LogP contribution is 2.14. The van der Waals surface area contributed by atoms with E-state index in [4.69, 9.17) is 0 Å². The fourth-order valence-corrected chi connectivity index (χ4v) is 1.55. The van der Waals surface area contributed by atoms with Crippen molar-refractivity contribution in [1.29, 1.82) is 0 Å². The first-order valence-corrected chi connectivity index (χ1v) is 5.43. The Labute approximate surface area is 91.7 Å². The molecule has 0 bridgehead atoms. The van der Waals surface area contributed by atoms with Gasteiger partial charge in [-0.3, -0.25) is 4.79 Å². The number of carbonyl (C=O) groups is 1. The molecule has 0 saturated carbocycles. The molecule has 1 aromatic rings. The Morgan fingerprint density at radius 1 is 1.33 bits per heavy atom. The molecule has 15 heavy (non-hydrogen) atoms. The van der Waals surface area contributed by atoms with Crippen molar-refractivity contribution in [2.45, 2.75) is 20.3 Å². The minimum atomic E-state index is 0.0701. The van der Waals surface area contributed by atoms with E-state index >= 15 is 0 Å². The molecule has 0 heterocycles. The SMILES string of the molecule is CNCCc1ccccc1C(=O)C(C)C. The van der Waals surface area contributed by atoms with Gasteiger partial charge in [-0.1, -0.05) is 38.1 Å². The Balaban J connectivity index is 2.90. The predicted molar refractivity (Wildman–Crippen MR) is 63.2 cm³/mol. The van der Waals surface area contributed by atoms with Crippen molar-refractivity contribution < 1.29 is 4.79 Å². The van der Waals surface area contributed by atoms with Gasteiger partial charge in [0, 0.05) is 11.5 Å². The van der Waals surface area contributed by atoms with Crippen molar-refractivity contribution >= 4 is 5.78 Å². The normalized spacial score (nSPS) is 10.7. The molecule has 0 amide bonds. The van der Waals surface area contributed by atoms with Gasteiger partial charge in [-0.2, -0.15) is 0 Å². The van der Waals surface area contributed by atoms with Crippen molar-refractivity contribution in [1.82, 2.24) is 5.32 Å². The summed E-state index contributed by atoms with van der Waals surface area (Å²) in [4.78, 5) is 11.9. The summed E-state index contributed by atoms with van der Waals surface area (Å²) in [5.41, 5.74) is 2.02. The van der Waals surface area contributed by atoms with Crippen LogP contribution in [-0.4, -0.2) is 19.4 Å². The first-order chi connectivity index (χ1) is 7.16. The average molecular weight is 205 g/mol. The van der Waals surface area contributed by atoms with Gasteiger partial charge in [-0.05, 0) is 25.6 Å². The second-order valence-corrected chi connectivity index (χ2v) is 4.03. The molecule has 1 N–H and O–H groups in total. The summed E-state index contributed by atoms with van der Waals surface area (Å²) in [6.45, 7) is 4.79. The van der Waals surface area contributed by atoms with Crippen molar-refractivity contribution in [3.8, 4) is 0 Å². The zero-order valence-corrected chi connectivity index (χ0v) is 9.71. The molecule has 0 fully saturated rings. The van der Waals surface area contributed by atoms with Crippen LogP contribution in [0, 0.1) is 5.92 Å². The Hall–Kier alpha value is -1.15. The van der Waals surface area contributed by atoms with Crippen LogP contribution in [0.5, 0.6) is 0 Å². The molecule has 1 rings (SSSR count). The zero-order valence-electron chi connectivity index (χ0n) is 9.71. The molecule has 2 heteroatoms. The largest absolute Gasteiger partial charge is 0.319 e. The van der Waals surface area contributed by atoms with Crippen LogP contribution in [-0.2, 0) is 6.42 Å². The molecule has 0 spiro atoms. The van der Waals surface area contributed by atoms with Gasteiger partial charge in [0.2, 0.25) is 0 Å². The average Bonchev–Trinajstić information content (AvgIpc) is 2.25. The standard InChI is InChI=1S/C13H19NO/c1-10(2)13(15)12-7-5-4-6-11(12)8-9-14-3/h4-7,10,14H,8-9H2,1-3H3. The molecular weight excluding hydrogens is 186 g/mol. The fourth-order valence-electron chi connectivity index (χ4n) is 1.55. The molecule has 0 aliphatic carbocycles. The first kappa shape index (κ1) is 11.9. The van der Waals surface area contributed by atoms with E-state index in [1.807, 2.05) is 45.2 Å². The molecule has 0 saturated heterocycles. The number of nitrogens with one attached hydrogen (secondary N) is 1. The van der Waals surface area contributed by atoms with Gasteiger partial charge >= 0.3 is 0 Å². The number of rotatable bonds is 5. The molecular formula is C13H19NO. The van der Waals surface area contributed by atoms with Gasteiger partial charge in [-0.15, -0.1) is 0 Å². The molecule has 1 aromatic carbocycles. The summed E-state index contributed by atoms with van der Waals surface area (Å²) in [7, 11) is 1.92. The third-order valence-electron chi connectivity index (χ3n) is 2.45. The van der Waals surface area contributed by atoms with E-state index in [1.165, 1.54) is 0 Å². The number of carbonyl (C=O) groups excluding carboxylic acids is 1. The lowest BCUT2D eigenvalue weighted by molar-refractivity contribution is 0.0938. The molecule has 2 nitrogen and oxygen atoms in total. The van der Waals surface area contributed by atoms with Crippen molar-refractivity contribution in [3.05, 3.63) is 35.4 Å². The third-order valence-corrected chi connectivity index (χ3v) is 2.45. The zero-order chi connectivity index (χ0) is 11.3. The number of likely N-dealkylation sites (N-methyl/N-ethyl adjacent to an activating group) is 1. The summed E-state index contributed by atoms with van der Waals surface area (Å²) in [6, 6.07) is 7.88. The number of benzene rings is 1. The molecule has 0 aliphatic rings. The van der Waals surface area contributed by atoms with Gasteiger partial charge < -0.3 is 5.32 Å². The minimum Gasteiger partial charge on any atom is -0.319 e. The van der Waals surface area contributed by atoms with E-state index in [9.17, 15) is 4.79 Å². The smallest absolute Gasteiger partial charge is 0.165 e. The van der Waals surface area contributed by atoms with E-state index in [2.05, 4.69) is 5.32 Å². The molecule has 0 radical (unpaired) electrons. The monoisotopic (exact) mass is 205 g/mol. The minimum absolute atomic E-state index is 0.0701. The van der Waals surface area contributed by atoms with Crippen molar-refractivity contribution in [2.75, 3.05) is 13.6 Å². The number of hydrogen-bond acceptors (Lipinski definition) is 2. The third kappa shape index (κ3) is 3.17. The summed E-state index contributed by atoms with van der Waals surface area (Å²) in [5, 5.41) is 3.10. The van der Waals surface area contributed by atoms with Crippen molar-refractivity contribution in [2.24, 2.45) is 5.92 Å². The fraction of sp³-hybridized carbons (Fsp3) is 0.462. The van der Waals surface area contributed by atoms with Crippen LogP contribution < -0.4 is 5.32 Å². The van der Waals surface area contributed by atoms with Crippen LogP contribution in [0.25, 0.3) is 0 Å². The Morgan fingerprint density at radius 2 is 2.00 bits per heavy atom. The highest BCUT2D eigenvalue weighted by Gasteiger charge is 2.13.